The molecule has 4 aromatic rings. The van der Waals surface area contributed by atoms with Gasteiger partial charge in [-0.2, -0.15) is 0 Å². The van der Waals surface area contributed by atoms with Gasteiger partial charge in [0.15, 0.2) is 5.88 Å². The Labute approximate surface area is 161 Å². The minimum absolute atomic E-state index is 0.0437. The third-order valence-electron chi connectivity index (χ3n) is 4.53. The Morgan fingerprint density at radius 1 is 1.18 bits per heavy atom. The highest BCUT2D eigenvalue weighted by Gasteiger charge is 2.11. The third kappa shape index (κ3) is 3.57. The Kier molecular flexibility index (Phi) is 4.76. The molecular formula is C22H19FN4O. The molecular weight excluding hydrogens is 355 g/mol. The lowest BCUT2D eigenvalue weighted by molar-refractivity contribution is 0.457. The van der Waals surface area contributed by atoms with Crippen molar-refractivity contribution in [1.29, 1.82) is 0 Å². The van der Waals surface area contributed by atoms with E-state index in [1.54, 1.807) is 24.5 Å². The zero-order valence-electron chi connectivity index (χ0n) is 15.3. The zero-order valence-corrected chi connectivity index (χ0v) is 15.3. The maximum Gasteiger partial charge on any atom is 0.198 e. The number of aromatic amines is 1. The molecule has 0 fully saturated rings. The number of aliphatic imine (C=N–C) groups is 1. The van der Waals surface area contributed by atoms with E-state index in [1.807, 2.05) is 43.3 Å². The predicted octanol–water partition coefficient (Wildman–Crippen LogP) is 5.08. The highest BCUT2D eigenvalue weighted by molar-refractivity contribution is 6.04. The predicted molar refractivity (Wildman–Crippen MR) is 110 cm³/mol. The van der Waals surface area contributed by atoms with E-state index >= 15 is 0 Å². The van der Waals surface area contributed by atoms with Crippen molar-refractivity contribution in [3.05, 3.63) is 83.4 Å². The van der Waals surface area contributed by atoms with Crippen LogP contribution in [0, 0.1) is 12.7 Å². The Balaban J connectivity index is 1.55. The number of rotatable bonds is 5. The van der Waals surface area contributed by atoms with E-state index in [-0.39, 0.29) is 5.88 Å². The summed E-state index contributed by atoms with van der Waals surface area (Å²) in [4.78, 5) is 11.5. The number of benzene rings is 2. The highest BCUT2D eigenvalue weighted by atomic mass is 19.1. The molecule has 2 aromatic carbocycles. The molecule has 0 saturated heterocycles. The van der Waals surface area contributed by atoms with Crippen LogP contribution in [0.25, 0.3) is 10.9 Å². The van der Waals surface area contributed by atoms with Gasteiger partial charge in [0.2, 0.25) is 0 Å². The summed E-state index contributed by atoms with van der Waals surface area (Å²) in [5.41, 5.74) is 4.12. The van der Waals surface area contributed by atoms with Crippen molar-refractivity contribution in [3.8, 4) is 5.88 Å². The number of aromatic nitrogens is 2. The molecule has 3 N–H and O–H groups in total. The van der Waals surface area contributed by atoms with Gasteiger partial charge in [-0.25, -0.2) is 4.39 Å². The smallest absolute Gasteiger partial charge is 0.198 e. The van der Waals surface area contributed by atoms with Crippen LogP contribution >= 0.6 is 0 Å². The van der Waals surface area contributed by atoms with Crippen LogP contribution in [0.1, 0.15) is 16.8 Å². The average Bonchev–Trinajstić information content (AvgIpc) is 3.03. The molecule has 0 atom stereocenters. The lowest BCUT2D eigenvalue weighted by Gasteiger charge is -2.07. The molecule has 0 amide bonds. The summed E-state index contributed by atoms with van der Waals surface area (Å²) >= 11 is 0. The zero-order chi connectivity index (χ0) is 19.5. The van der Waals surface area contributed by atoms with Crippen LogP contribution in [0.15, 0.2) is 65.8 Å². The van der Waals surface area contributed by atoms with Crippen molar-refractivity contribution in [2.75, 3.05) is 5.32 Å². The standard InChI is InChI=1S/C22H19FN4O/c1-14-5-4-7-20-21(14)17(22(28)27-20)13-25-15-8-9-19(18(23)11-15)26-12-16-6-2-3-10-24-16/h2-11,13,26-28H,12H2,1H3. The lowest BCUT2D eigenvalue weighted by Crippen LogP contribution is -2.02. The maximum atomic E-state index is 14.4. The van der Waals surface area contributed by atoms with Crippen LogP contribution in [0.4, 0.5) is 15.8 Å². The number of hydrogen-bond acceptors (Lipinski definition) is 4. The molecule has 6 heteroatoms. The number of aryl methyl sites for hydroxylation is 1. The summed E-state index contributed by atoms with van der Waals surface area (Å²) in [6, 6.07) is 16.1. The van der Waals surface area contributed by atoms with E-state index in [9.17, 15) is 9.50 Å². The largest absolute Gasteiger partial charge is 0.494 e. The second-order valence-electron chi connectivity index (χ2n) is 6.48. The van der Waals surface area contributed by atoms with Gasteiger partial charge in [0, 0.05) is 29.4 Å². The molecule has 0 unspecified atom stereocenters. The monoisotopic (exact) mass is 374 g/mol. The van der Waals surface area contributed by atoms with Crippen LogP contribution in [0.5, 0.6) is 5.88 Å². The van der Waals surface area contributed by atoms with Crippen molar-refractivity contribution < 1.29 is 9.50 Å². The normalized spacial score (nSPS) is 11.4. The first-order valence-electron chi connectivity index (χ1n) is 8.89. The second kappa shape index (κ2) is 7.52. The SMILES string of the molecule is Cc1cccc2[nH]c(O)c(C=Nc3ccc(NCc4ccccn4)c(F)c3)c12. The van der Waals surface area contributed by atoms with Crippen LogP contribution in [0.2, 0.25) is 0 Å². The minimum Gasteiger partial charge on any atom is -0.494 e. The van der Waals surface area contributed by atoms with Gasteiger partial charge in [0.1, 0.15) is 5.82 Å². The van der Waals surface area contributed by atoms with Crippen LogP contribution in [0.3, 0.4) is 0 Å². The summed E-state index contributed by atoms with van der Waals surface area (Å²) in [5, 5.41) is 14.1. The summed E-state index contributed by atoms with van der Waals surface area (Å²) in [5.74, 6) is -0.355. The Morgan fingerprint density at radius 2 is 2.07 bits per heavy atom. The first-order chi connectivity index (χ1) is 13.6. The van der Waals surface area contributed by atoms with Crippen LogP contribution in [-0.4, -0.2) is 21.3 Å². The topological polar surface area (TPSA) is 73.3 Å². The van der Waals surface area contributed by atoms with Crippen LogP contribution in [-0.2, 0) is 6.54 Å². The fourth-order valence-electron chi connectivity index (χ4n) is 3.12. The van der Waals surface area contributed by atoms with E-state index in [2.05, 4.69) is 20.3 Å². The third-order valence-corrected chi connectivity index (χ3v) is 4.53. The lowest BCUT2D eigenvalue weighted by atomic mass is 10.1. The number of nitrogens with one attached hydrogen (secondary N) is 2. The number of aromatic hydroxyl groups is 1. The summed E-state index contributed by atoms with van der Waals surface area (Å²) in [6.07, 6.45) is 3.25. The number of halogens is 1. The molecule has 0 aliphatic carbocycles. The van der Waals surface area contributed by atoms with Gasteiger partial charge in [-0.05, 0) is 42.8 Å². The molecule has 0 saturated carbocycles. The second-order valence-corrected chi connectivity index (χ2v) is 6.48. The van der Waals surface area contributed by atoms with E-state index in [4.69, 9.17) is 0 Å². The van der Waals surface area contributed by atoms with Crippen LogP contribution < -0.4 is 5.32 Å². The quantitative estimate of drug-likeness (QED) is 0.427. The number of H-pyrrole nitrogens is 1. The van der Waals surface area contributed by atoms with Gasteiger partial charge >= 0.3 is 0 Å². The Bertz CT molecular complexity index is 1150. The van der Waals surface area contributed by atoms with Gasteiger partial charge < -0.3 is 15.4 Å². The van der Waals surface area contributed by atoms with E-state index in [0.717, 1.165) is 22.2 Å². The number of anilines is 1. The molecule has 0 spiro atoms. The van der Waals surface area contributed by atoms with Gasteiger partial charge in [0.25, 0.3) is 0 Å². The average molecular weight is 374 g/mol. The van der Waals surface area contributed by atoms with E-state index < -0.39 is 5.82 Å². The van der Waals surface area contributed by atoms with Crippen molar-refractivity contribution >= 4 is 28.5 Å². The molecule has 5 nitrogen and oxygen atoms in total. The molecule has 0 aliphatic rings. The van der Waals surface area contributed by atoms with Gasteiger partial charge in [-0.1, -0.05) is 18.2 Å². The first kappa shape index (κ1) is 17.7. The molecule has 28 heavy (non-hydrogen) atoms. The number of pyridine rings is 1. The van der Waals surface area contributed by atoms with Gasteiger partial charge in [-0.3, -0.25) is 9.98 Å². The summed E-state index contributed by atoms with van der Waals surface area (Å²) in [6.45, 7) is 2.40. The minimum atomic E-state index is -0.398. The molecule has 0 aliphatic heterocycles. The number of hydrogen-bond donors (Lipinski definition) is 3. The van der Waals surface area contributed by atoms with E-state index in [0.29, 0.717) is 23.5 Å². The number of fused-ring (bicyclic) bond motifs is 1. The van der Waals surface area contributed by atoms with Crippen molar-refractivity contribution in [1.82, 2.24) is 9.97 Å². The fraction of sp³-hybridized carbons (Fsp3) is 0.0909. The van der Waals surface area contributed by atoms with Crippen molar-refractivity contribution in [3.63, 3.8) is 0 Å². The summed E-state index contributed by atoms with van der Waals surface area (Å²) < 4.78 is 14.4. The molecule has 140 valence electrons. The molecule has 2 aromatic heterocycles. The Hall–Kier alpha value is -3.67. The number of nitrogens with zero attached hydrogens (tertiary/aromatic N) is 2. The molecule has 4 rings (SSSR count). The van der Waals surface area contributed by atoms with E-state index in [1.165, 1.54) is 6.07 Å². The molecule has 2 heterocycles. The van der Waals surface area contributed by atoms with Crippen molar-refractivity contribution in [2.24, 2.45) is 4.99 Å². The molecule has 0 radical (unpaired) electrons. The highest BCUT2D eigenvalue weighted by Crippen LogP contribution is 2.29. The van der Waals surface area contributed by atoms with Crippen molar-refractivity contribution in [2.45, 2.75) is 13.5 Å². The maximum absolute atomic E-state index is 14.4. The fourth-order valence-corrected chi connectivity index (χ4v) is 3.12. The van der Waals surface area contributed by atoms with Gasteiger partial charge in [0.05, 0.1) is 29.2 Å². The van der Waals surface area contributed by atoms with Gasteiger partial charge in [-0.15, -0.1) is 0 Å². The molecule has 0 bridgehead atoms. The summed E-state index contributed by atoms with van der Waals surface area (Å²) in [7, 11) is 0. The Morgan fingerprint density at radius 3 is 2.86 bits per heavy atom. The first-order valence-corrected chi connectivity index (χ1v) is 8.89.